The van der Waals surface area contributed by atoms with Gasteiger partial charge in [-0.3, -0.25) is 9.69 Å². The zero-order chi connectivity index (χ0) is 15.9. The Bertz CT molecular complexity index is 632. The molecule has 0 unspecified atom stereocenters. The fourth-order valence-electron chi connectivity index (χ4n) is 2.21. The Kier molecular flexibility index (Phi) is 5.50. The first-order valence-electron chi connectivity index (χ1n) is 7.23. The van der Waals surface area contributed by atoms with E-state index in [-0.39, 0.29) is 5.78 Å². The Morgan fingerprint density at radius 3 is 2.32 bits per heavy atom. The molecule has 0 heterocycles. The summed E-state index contributed by atoms with van der Waals surface area (Å²) >= 11 is 0. The molecular weight excluding hydrogens is 274 g/mol. The molecule has 0 aliphatic rings. The minimum atomic E-state index is 0.0490. The molecule has 0 spiro atoms. The second kappa shape index (κ2) is 7.57. The summed E-state index contributed by atoms with van der Waals surface area (Å²) in [6.45, 7) is 6.99. The van der Waals surface area contributed by atoms with Crippen molar-refractivity contribution in [3.8, 4) is 5.75 Å². The van der Waals surface area contributed by atoms with E-state index < -0.39 is 0 Å². The number of benzene rings is 2. The summed E-state index contributed by atoms with van der Waals surface area (Å²) in [5.74, 6) is 1.42. The molecule has 0 N–H and O–H groups in total. The van der Waals surface area contributed by atoms with E-state index in [9.17, 15) is 4.79 Å². The maximum atomic E-state index is 11.2. The van der Waals surface area contributed by atoms with Crippen LogP contribution in [-0.2, 0) is 6.54 Å². The predicted octanol–water partition coefficient (Wildman–Crippen LogP) is 3.91. The average molecular weight is 295 g/mol. The first-order chi connectivity index (χ1) is 10.5. The van der Waals surface area contributed by atoms with Gasteiger partial charge in [0, 0.05) is 12.1 Å². The number of hydrogen-bond donors (Lipinski definition) is 0. The number of ketones is 1. The van der Waals surface area contributed by atoms with Crippen LogP contribution in [0.1, 0.15) is 22.8 Å². The lowest BCUT2D eigenvalue weighted by Crippen LogP contribution is -2.22. The summed E-state index contributed by atoms with van der Waals surface area (Å²) in [6, 6.07) is 17.4. The Morgan fingerprint density at radius 2 is 1.73 bits per heavy atom. The van der Waals surface area contributed by atoms with Gasteiger partial charge in [0.1, 0.15) is 11.5 Å². The van der Waals surface area contributed by atoms with E-state index in [1.807, 2.05) is 25.2 Å². The van der Waals surface area contributed by atoms with Crippen molar-refractivity contribution in [3.63, 3.8) is 0 Å². The summed E-state index contributed by atoms with van der Waals surface area (Å²) < 4.78 is 5.71. The number of likely N-dealkylation sites (N-methyl/N-ethyl adjacent to an activating group) is 1. The highest BCUT2D eigenvalue weighted by Crippen LogP contribution is 2.15. The van der Waals surface area contributed by atoms with Gasteiger partial charge in [0.2, 0.25) is 0 Å². The van der Waals surface area contributed by atoms with E-state index in [0.717, 1.165) is 6.54 Å². The van der Waals surface area contributed by atoms with E-state index in [2.05, 4.69) is 23.6 Å². The summed E-state index contributed by atoms with van der Waals surface area (Å²) in [4.78, 5) is 13.4. The van der Waals surface area contributed by atoms with E-state index in [4.69, 9.17) is 4.74 Å². The number of ether oxygens (including phenoxy) is 1. The number of carbonyl (C=O) groups is 1. The molecule has 0 radical (unpaired) electrons. The lowest BCUT2D eigenvalue weighted by Gasteiger charge is -2.18. The maximum Gasteiger partial charge on any atom is 0.159 e. The second-order valence-corrected chi connectivity index (χ2v) is 5.38. The molecule has 2 rings (SSSR count). The monoisotopic (exact) mass is 295 g/mol. The van der Waals surface area contributed by atoms with E-state index in [0.29, 0.717) is 23.6 Å². The molecule has 22 heavy (non-hydrogen) atoms. The molecule has 0 saturated carbocycles. The van der Waals surface area contributed by atoms with Crippen LogP contribution >= 0.6 is 0 Å². The van der Waals surface area contributed by atoms with Crippen LogP contribution < -0.4 is 4.74 Å². The zero-order valence-electron chi connectivity index (χ0n) is 13.1. The van der Waals surface area contributed by atoms with Gasteiger partial charge in [-0.25, -0.2) is 0 Å². The van der Waals surface area contributed by atoms with Crippen molar-refractivity contribution in [3.05, 3.63) is 78.1 Å². The topological polar surface area (TPSA) is 29.5 Å². The van der Waals surface area contributed by atoms with Crippen molar-refractivity contribution in [2.75, 3.05) is 13.6 Å². The first kappa shape index (κ1) is 16.0. The molecule has 3 nitrogen and oxygen atoms in total. The molecule has 0 aromatic heterocycles. The van der Waals surface area contributed by atoms with E-state index in [1.165, 1.54) is 5.56 Å². The largest absolute Gasteiger partial charge is 0.461 e. The number of carbonyl (C=O) groups excluding carboxylic acids is 1. The van der Waals surface area contributed by atoms with E-state index >= 15 is 0 Å². The Balaban J connectivity index is 1.85. The molecule has 3 heteroatoms. The van der Waals surface area contributed by atoms with Crippen molar-refractivity contribution in [2.24, 2.45) is 0 Å². The number of Topliss-reactive ketones (excluding diaryl/α,β-unsaturated/α-hetero) is 1. The van der Waals surface area contributed by atoms with Crippen molar-refractivity contribution < 1.29 is 9.53 Å². The average Bonchev–Trinajstić information content (AvgIpc) is 2.48. The third-order valence-corrected chi connectivity index (χ3v) is 3.26. The predicted molar refractivity (Wildman–Crippen MR) is 89.0 cm³/mol. The van der Waals surface area contributed by atoms with Gasteiger partial charge in [0.25, 0.3) is 0 Å². The van der Waals surface area contributed by atoms with Crippen molar-refractivity contribution in [2.45, 2.75) is 13.5 Å². The standard InChI is InChI=1S/C19H21NO2/c1-15(13-20(3)14-17-7-5-4-6-8-17)22-19-11-9-18(10-12-19)16(2)21/h4-12H,1,13-14H2,2-3H3. The van der Waals surface area contributed by atoms with Crippen molar-refractivity contribution in [1.29, 1.82) is 0 Å². The molecular formula is C19H21NO2. The maximum absolute atomic E-state index is 11.2. The van der Waals surface area contributed by atoms with Gasteiger partial charge in [-0.15, -0.1) is 0 Å². The SMILES string of the molecule is C=C(CN(C)Cc1ccccc1)Oc1ccc(C(C)=O)cc1. The van der Waals surface area contributed by atoms with Gasteiger partial charge >= 0.3 is 0 Å². The van der Waals surface area contributed by atoms with Gasteiger partial charge in [0.05, 0.1) is 6.54 Å². The van der Waals surface area contributed by atoms with Gasteiger partial charge in [-0.05, 0) is 43.8 Å². The fourth-order valence-corrected chi connectivity index (χ4v) is 2.21. The number of nitrogens with zero attached hydrogens (tertiary/aromatic N) is 1. The molecule has 2 aromatic carbocycles. The number of hydrogen-bond acceptors (Lipinski definition) is 3. The smallest absolute Gasteiger partial charge is 0.159 e. The summed E-state index contributed by atoms with van der Waals surface area (Å²) in [5.41, 5.74) is 1.93. The first-order valence-corrected chi connectivity index (χ1v) is 7.23. The summed E-state index contributed by atoms with van der Waals surface area (Å²) in [7, 11) is 2.03. The van der Waals surface area contributed by atoms with Gasteiger partial charge in [-0.1, -0.05) is 36.9 Å². The Hall–Kier alpha value is -2.39. The molecule has 2 aromatic rings. The molecule has 0 amide bonds. The van der Waals surface area contributed by atoms with Crippen LogP contribution in [0.15, 0.2) is 66.9 Å². The Labute approximate surface area is 131 Å². The zero-order valence-corrected chi connectivity index (χ0v) is 13.1. The van der Waals surface area contributed by atoms with Crippen LogP contribution in [0.3, 0.4) is 0 Å². The molecule has 0 fully saturated rings. The van der Waals surface area contributed by atoms with Crippen molar-refractivity contribution in [1.82, 2.24) is 4.90 Å². The lowest BCUT2D eigenvalue weighted by atomic mass is 10.1. The normalized spacial score (nSPS) is 10.5. The summed E-state index contributed by atoms with van der Waals surface area (Å²) in [6.07, 6.45) is 0. The quantitative estimate of drug-likeness (QED) is 0.573. The second-order valence-electron chi connectivity index (χ2n) is 5.38. The summed E-state index contributed by atoms with van der Waals surface area (Å²) in [5, 5.41) is 0. The highest BCUT2D eigenvalue weighted by atomic mass is 16.5. The van der Waals surface area contributed by atoms with Gasteiger partial charge < -0.3 is 4.74 Å². The minimum absolute atomic E-state index is 0.0490. The van der Waals surface area contributed by atoms with Crippen molar-refractivity contribution >= 4 is 5.78 Å². The molecule has 0 aliphatic heterocycles. The minimum Gasteiger partial charge on any atom is -0.461 e. The molecule has 0 aliphatic carbocycles. The highest BCUT2D eigenvalue weighted by Gasteiger charge is 2.05. The highest BCUT2D eigenvalue weighted by molar-refractivity contribution is 5.94. The van der Waals surface area contributed by atoms with Gasteiger partial charge in [-0.2, -0.15) is 0 Å². The number of rotatable bonds is 7. The van der Waals surface area contributed by atoms with Crippen LogP contribution in [0, 0.1) is 0 Å². The van der Waals surface area contributed by atoms with Crippen LogP contribution in [0.5, 0.6) is 5.75 Å². The van der Waals surface area contributed by atoms with Crippen LogP contribution in [-0.4, -0.2) is 24.3 Å². The molecule has 0 atom stereocenters. The van der Waals surface area contributed by atoms with Crippen LogP contribution in [0.2, 0.25) is 0 Å². The van der Waals surface area contributed by atoms with E-state index in [1.54, 1.807) is 31.2 Å². The Morgan fingerprint density at radius 1 is 1.09 bits per heavy atom. The molecule has 114 valence electrons. The lowest BCUT2D eigenvalue weighted by molar-refractivity contribution is 0.101. The van der Waals surface area contributed by atoms with Crippen LogP contribution in [0.4, 0.5) is 0 Å². The van der Waals surface area contributed by atoms with Gasteiger partial charge in [0.15, 0.2) is 5.78 Å². The van der Waals surface area contributed by atoms with Crippen LogP contribution in [0.25, 0.3) is 0 Å². The fraction of sp³-hybridized carbons (Fsp3) is 0.211. The third-order valence-electron chi connectivity index (χ3n) is 3.26. The molecule has 0 saturated heterocycles. The third kappa shape index (κ3) is 4.86. The molecule has 0 bridgehead atoms.